The van der Waals surface area contributed by atoms with Crippen LogP contribution in [0.15, 0.2) is 12.3 Å². The van der Waals surface area contributed by atoms with Gasteiger partial charge in [0.05, 0.1) is 6.10 Å². The molecule has 2 heterocycles. The third kappa shape index (κ3) is 2.92. The molecule has 2 rings (SSSR count). The van der Waals surface area contributed by atoms with Crippen molar-refractivity contribution in [3.8, 4) is 6.07 Å². The molecule has 0 amide bonds. The summed E-state index contributed by atoms with van der Waals surface area (Å²) >= 11 is 0. The summed E-state index contributed by atoms with van der Waals surface area (Å²) in [6.45, 7) is 4.51. The summed E-state index contributed by atoms with van der Waals surface area (Å²) in [5, 5.41) is 8.82. The van der Waals surface area contributed by atoms with Crippen LogP contribution in [0.2, 0.25) is 0 Å². The quantitative estimate of drug-likeness (QED) is 0.784. The zero-order valence-electron chi connectivity index (χ0n) is 9.96. The van der Waals surface area contributed by atoms with Gasteiger partial charge in [0.1, 0.15) is 11.8 Å². The van der Waals surface area contributed by atoms with Crippen LogP contribution in [0, 0.1) is 11.3 Å². The molecule has 1 unspecified atom stereocenters. The van der Waals surface area contributed by atoms with E-state index in [4.69, 9.17) is 10.00 Å². The van der Waals surface area contributed by atoms with Crippen molar-refractivity contribution >= 4 is 5.95 Å². The van der Waals surface area contributed by atoms with Gasteiger partial charge in [0.25, 0.3) is 0 Å². The van der Waals surface area contributed by atoms with Gasteiger partial charge in [-0.05, 0) is 25.8 Å². The van der Waals surface area contributed by atoms with E-state index >= 15 is 0 Å². The second kappa shape index (κ2) is 5.60. The molecule has 0 radical (unpaired) electrons. The lowest BCUT2D eigenvalue weighted by Gasteiger charge is -2.23. The Hall–Kier alpha value is -1.67. The van der Waals surface area contributed by atoms with Gasteiger partial charge in [-0.2, -0.15) is 5.26 Å². The molecule has 1 saturated heterocycles. The molecule has 0 bridgehead atoms. The maximum atomic E-state index is 8.82. The molecule has 5 heteroatoms. The number of hydrogen-bond acceptors (Lipinski definition) is 5. The molecule has 1 aliphatic heterocycles. The number of nitriles is 1. The fourth-order valence-corrected chi connectivity index (χ4v) is 1.95. The predicted octanol–water partition coefficient (Wildman–Crippen LogP) is 1.35. The average molecular weight is 232 g/mol. The van der Waals surface area contributed by atoms with Gasteiger partial charge in [0.2, 0.25) is 5.95 Å². The van der Waals surface area contributed by atoms with Crippen molar-refractivity contribution in [3.05, 3.63) is 18.0 Å². The molecule has 0 saturated carbocycles. The summed E-state index contributed by atoms with van der Waals surface area (Å²) in [4.78, 5) is 10.5. The molecule has 0 aromatic carbocycles. The zero-order chi connectivity index (χ0) is 12.1. The minimum absolute atomic E-state index is 0.268. The van der Waals surface area contributed by atoms with E-state index in [0.717, 1.165) is 32.5 Å². The van der Waals surface area contributed by atoms with Crippen LogP contribution in [-0.2, 0) is 4.74 Å². The van der Waals surface area contributed by atoms with Crippen LogP contribution in [0.4, 0.5) is 5.95 Å². The van der Waals surface area contributed by atoms with Gasteiger partial charge < -0.3 is 9.64 Å². The average Bonchev–Trinajstić information content (AvgIpc) is 2.89. The number of nitrogens with zero attached hydrogens (tertiary/aromatic N) is 4. The summed E-state index contributed by atoms with van der Waals surface area (Å²) in [6, 6.07) is 3.65. The first-order chi connectivity index (χ1) is 8.33. The molecule has 17 heavy (non-hydrogen) atoms. The monoisotopic (exact) mass is 232 g/mol. The molecule has 90 valence electrons. The van der Waals surface area contributed by atoms with Crippen LogP contribution in [0.3, 0.4) is 0 Å². The van der Waals surface area contributed by atoms with Gasteiger partial charge in [0, 0.05) is 25.9 Å². The molecular formula is C12H16N4O. The van der Waals surface area contributed by atoms with E-state index in [1.807, 2.05) is 6.07 Å². The minimum atomic E-state index is 0.268. The van der Waals surface area contributed by atoms with Crippen LogP contribution in [0.1, 0.15) is 25.5 Å². The Morgan fingerprint density at radius 2 is 2.53 bits per heavy atom. The molecule has 0 N–H and O–H groups in total. The maximum Gasteiger partial charge on any atom is 0.226 e. The standard InChI is InChI=1S/C12H16N4O/c1-2-16(9-11-4-3-7-17-11)12-14-6-5-10(8-13)15-12/h5-6,11H,2-4,7,9H2,1H3. The first-order valence-electron chi connectivity index (χ1n) is 5.93. The van der Waals surface area contributed by atoms with Crippen molar-refractivity contribution < 1.29 is 4.74 Å². The second-order valence-corrected chi connectivity index (χ2v) is 4.03. The van der Waals surface area contributed by atoms with Crippen molar-refractivity contribution in [1.29, 1.82) is 5.26 Å². The third-order valence-corrected chi connectivity index (χ3v) is 2.87. The number of likely N-dealkylation sites (N-methyl/N-ethyl adjacent to an activating group) is 1. The fraction of sp³-hybridized carbons (Fsp3) is 0.583. The van der Waals surface area contributed by atoms with Gasteiger partial charge in [-0.15, -0.1) is 0 Å². The molecule has 0 aliphatic carbocycles. The Kier molecular flexibility index (Phi) is 3.89. The maximum absolute atomic E-state index is 8.82. The lowest BCUT2D eigenvalue weighted by molar-refractivity contribution is 0.115. The smallest absolute Gasteiger partial charge is 0.226 e. The van der Waals surface area contributed by atoms with E-state index < -0.39 is 0 Å². The van der Waals surface area contributed by atoms with Crippen LogP contribution >= 0.6 is 0 Å². The topological polar surface area (TPSA) is 62.0 Å². The molecule has 1 aliphatic rings. The van der Waals surface area contributed by atoms with Gasteiger partial charge in [-0.3, -0.25) is 0 Å². The van der Waals surface area contributed by atoms with Crippen molar-refractivity contribution in [2.75, 3.05) is 24.6 Å². The second-order valence-electron chi connectivity index (χ2n) is 4.03. The fourth-order valence-electron chi connectivity index (χ4n) is 1.95. The summed E-state index contributed by atoms with van der Waals surface area (Å²) < 4.78 is 5.60. The number of rotatable bonds is 4. The van der Waals surface area contributed by atoms with E-state index in [1.54, 1.807) is 12.3 Å². The summed E-state index contributed by atoms with van der Waals surface area (Å²) in [7, 11) is 0. The normalized spacial score (nSPS) is 18.9. The largest absolute Gasteiger partial charge is 0.376 e. The van der Waals surface area contributed by atoms with Gasteiger partial charge in [-0.1, -0.05) is 0 Å². The summed E-state index contributed by atoms with van der Waals surface area (Å²) in [5.74, 6) is 0.613. The summed E-state index contributed by atoms with van der Waals surface area (Å²) in [6.07, 6.45) is 4.11. The van der Waals surface area contributed by atoms with E-state index in [9.17, 15) is 0 Å². The van der Waals surface area contributed by atoms with Crippen LogP contribution < -0.4 is 4.90 Å². The van der Waals surface area contributed by atoms with E-state index in [1.165, 1.54) is 0 Å². The number of hydrogen-bond donors (Lipinski definition) is 0. The lowest BCUT2D eigenvalue weighted by atomic mass is 10.2. The van der Waals surface area contributed by atoms with Crippen molar-refractivity contribution in [2.24, 2.45) is 0 Å². The SMILES string of the molecule is CCN(CC1CCCO1)c1nccc(C#N)n1. The Balaban J connectivity index is 2.08. The first kappa shape index (κ1) is 11.8. The molecule has 1 atom stereocenters. The Morgan fingerprint density at radius 1 is 1.65 bits per heavy atom. The molecule has 0 spiro atoms. The van der Waals surface area contributed by atoms with Gasteiger partial charge in [-0.25, -0.2) is 9.97 Å². The van der Waals surface area contributed by atoms with E-state index in [0.29, 0.717) is 11.6 Å². The van der Waals surface area contributed by atoms with Crippen LogP contribution in [0.5, 0.6) is 0 Å². The number of ether oxygens (including phenoxy) is 1. The Labute approximate surface area is 101 Å². The van der Waals surface area contributed by atoms with Crippen LogP contribution in [0.25, 0.3) is 0 Å². The molecule has 1 aromatic heterocycles. The van der Waals surface area contributed by atoms with Gasteiger partial charge >= 0.3 is 0 Å². The molecule has 5 nitrogen and oxygen atoms in total. The van der Waals surface area contributed by atoms with E-state index in [-0.39, 0.29) is 6.10 Å². The predicted molar refractivity (Wildman–Crippen MR) is 63.6 cm³/mol. The highest BCUT2D eigenvalue weighted by Crippen LogP contribution is 2.16. The highest BCUT2D eigenvalue weighted by atomic mass is 16.5. The first-order valence-corrected chi connectivity index (χ1v) is 5.93. The third-order valence-electron chi connectivity index (χ3n) is 2.87. The zero-order valence-corrected chi connectivity index (χ0v) is 9.96. The lowest BCUT2D eigenvalue weighted by Crippen LogP contribution is -2.33. The molecule has 1 aromatic rings. The molecule has 1 fully saturated rings. The Bertz CT molecular complexity index is 409. The minimum Gasteiger partial charge on any atom is -0.376 e. The highest BCUT2D eigenvalue weighted by Gasteiger charge is 2.20. The Morgan fingerprint density at radius 3 is 3.18 bits per heavy atom. The van der Waals surface area contributed by atoms with Crippen molar-refractivity contribution in [3.63, 3.8) is 0 Å². The van der Waals surface area contributed by atoms with Crippen molar-refractivity contribution in [1.82, 2.24) is 9.97 Å². The van der Waals surface area contributed by atoms with Crippen LogP contribution in [-0.4, -0.2) is 35.8 Å². The summed E-state index contributed by atoms with van der Waals surface area (Å²) in [5.41, 5.74) is 0.404. The van der Waals surface area contributed by atoms with Gasteiger partial charge in [0.15, 0.2) is 0 Å². The number of anilines is 1. The van der Waals surface area contributed by atoms with Crippen molar-refractivity contribution in [2.45, 2.75) is 25.9 Å². The highest BCUT2D eigenvalue weighted by molar-refractivity contribution is 5.33. The molecular weight excluding hydrogens is 216 g/mol. The van der Waals surface area contributed by atoms with E-state index in [2.05, 4.69) is 21.8 Å². The number of aromatic nitrogens is 2.